The van der Waals surface area contributed by atoms with Gasteiger partial charge in [-0.2, -0.15) is 5.26 Å². The van der Waals surface area contributed by atoms with Crippen LogP contribution in [0.25, 0.3) is 6.08 Å². The third-order valence-corrected chi connectivity index (χ3v) is 3.98. The van der Waals surface area contributed by atoms with Crippen LogP contribution in [0.1, 0.15) is 36.5 Å². The number of ether oxygens (including phenoxy) is 3. The van der Waals surface area contributed by atoms with Gasteiger partial charge in [-0.3, -0.25) is 0 Å². The second kappa shape index (κ2) is 9.44. The predicted molar refractivity (Wildman–Crippen MR) is 104 cm³/mol. The number of allylic oxidation sites excluding steroid dienone is 1. The zero-order valence-corrected chi connectivity index (χ0v) is 16.0. The third-order valence-electron chi connectivity index (χ3n) is 3.98. The summed E-state index contributed by atoms with van der Waals surface area (Å²) in [5, 5.41) is 8.59. The van der Waals surface area contributed by atoms with Crippen molar-refractivity contribution in [2.75, 3.05) is 13.7 Å². The first-order valence-corrected chi connectivity index (χ1v) is 8.62. The minimum atomic E-state index is -0.529. The first-order valence-electron chi connectivity index (χ1n) is 8.62. The van der Waals surface area contributed by atoms with Crippen LogP contribution in [0, 0.1) is 18.3 Å². The van der Waals surface area contributed by atoms with Gasteiger partial charge in [0.25, 0.3) is 0 Å². The quantitative estimate of drug-likeness (QED) is 0.406. The van der Waals surface area contributed by atoms with E-state index in [0.29, 0.717) is 23.2 Å². The summed E-state index contributed by atoms with van der Waals surface area (Å²) in [6.07, 6.45) is 3.00. The van der Waals surface area contributed by atoms with Crippen molar-refractivity contribution < 1.29 is 19.0 Å². The van der Waals surface area contributed by atoms with Gasteiger partial charge >= 0.3 is 5.97 Å². The van der Waals surface area contributed by atoms with E-state index >= 15 is 0 Å². The first-order chi connectivity index (χ1) is 12.9. The second-order valence-corrected chi connectivity index (χ2v) is 6.31. The zero-order valence-electron chi connectivity index (χ0n) is 16.0. The van der Waals surface area contributed by atoms with E-state index in [1.165, 1.54) is 18.7 Å². The number of aryl methyl sites for hydroxylation is 1. The van der Waals surface area contributed by atoms with Gasteiger partial charge in [0.15, 0.2) is 18.1 Å². The molecule has 2 rings (SSSR count). The van der Waals surface area contributed by atoms with Crippen LogP contribution in [0.2, 0.25) is 0 Å². The number of benzene rings is 2. The van der Waals surface area contributed by atoms with Crippen LogP contribution >= 0.6 is 0 Å². The van der Waals surface area contributed by atoms with Gasteiger partial charge in [-0.15, -0.1) is 0 Å². The molecule has 0 fully saturated rings. The van der Waals surface area contributed by atoms with Crippen LogP contribution in [0.5, 0.6) is 17.2 Å². The Morgan fingerprint density at radius 2 is 1.96 bits per heavy atom. The molecule has 2 aromatic carbocycles. The lowest BCUT2D eigenvalue weighted by molar-refractivity contribution is -0.136. The monoisotopic (exact) mass is 365 g/mol. The van der Waals surface area contributed by atoms with Crippen LogP contribution in [0.3, 0.4) is 0 Å². The highest BCUT2D eigenvalue weighted by Gasteiger charge is 2.12. The van der Waals surface area contributed by atoms with Crippen LogP contribution in [0.4, 0.5) is 0 Å². The first kappa shape index (κ1) is 20.1. The van der Waals surface area contributed by atoms with E-state index in [1.807, 2.05) is 31.2 Å². The van der Waals surface area contributed by atoms with Crippen molar-refractivity contribution in [3.63, 3.8) is 0 Å². The van der Waals surface area contributed by atoms with Gasteiger partial charge in [0.1, 0.15) is 5.75 Å². The molecule has 0 saturated heterocycles. The summed E-state index contributed by atoms with van der Waals surface area (Å²) in [6.45, 7) is 6.08. The van der Waals surface area contributed by atoms with Crippen molar-refractivity contribution in [2.24, 2.45) is 0 Å². The molecule has 2 aromatic rings. The largest absolute Gasteiger partial charge is 0.493 e. The lowest BCUT2D eigenvalue weighted by Crippen LogP contribution is -2.18. The fraction of sp³-hybridized carbons (Fsp3) is 0.273. The van der Waals surface area contributed by atoms with Gasteiger partial charge in [0, 0.05) is 6.08 Å². The Hall–Kier alpha value is -3.26. The maximum Gasteiger partial charge on any atom is 0.349 e. The molecule has 5 nitrogen and oxygen atoms in total. The SMILES string of the molecule is COc1cc(/C=C\C#N)ccc1OC(=O)COc1ccc(C(C)C)c(C)c1. The molecule has 0 bridgehead atoms. The Bertz CT molecular complexity index is 878. The number of carbonyl (C=O) groups excluding carboxylic acids is 1. The van der Waals surface area contributed by atoms with E-state index in [2.05, 4.69) is 13.8 Å². The molecule has 5 heteroatoms. The molecule has 0 aliphatic rings. The van der Waals surface area contributed by atoms with E-state index < -0.39 is 5.97 Å². The Labute approximate surface area is 159 Å². The number of hydrogen-bond donors (Lipinski definition) is 0. The molecular formula is C22H23NO4. The summed E-state index contributed by atoms with van der Waals surface area (Å²) < 4.78 is 16.1. The Morgan fingerprint density at radius 3 is 2.59 bits per heavy atom. The van der Waals surface area contributed by atoms with Gasteiger partial charge in [0.05, 0.1) is 13.2 Å². The molecule has 140 valence electrons. The summed E-state index contributed by atoms with van der Waals surface area (Å²) in [7, 11) is 1.49. The molecule has 0 unspecified atom stereocenters. The van der Waals surface area contributed by atoms with Crippen molar-refractivity contribution in [3.05, 3.63) is 59.2 Å². The average molecular weight is 365 g/mol. The minimum absolute atomic E-state index is 0.209. The highest BCUT2D eigenvalue weighted by Crippen LogP contribution is 2.29. The van der Waals surface area contributed by atoms with Gasteiger partial charge < -0.3 is 14.2 Å². The number of esters is 1. The third kappa shape index (κ3) is 5.61. The van der Waals surface area contributed by atoms with Crippen LogP contribution in [-0.4, -0.2) is 19.7 Å². The smallest absolute Gasteiger partial charge is 0.349 e. The highest BCUT2D eigenvalue weighted by molar-refractivity contribution is 5.75. The molecule has 0 aromatic heterocycles. The molecular weight excluding hydrogens is 342 g/mol. The molecule has 0 saturated carbocycles. The highest BCUT2D eigenvalue weighted by atomic mass is 16.6. The molecule has 0 N–H and O–H groups in total. The molecule has 0 amide bonds. The Kier molecular flexibility index (Phi) is 7.01. The maximum absolute atomic E-state index is 12.1. The number of carbonyl (C=O) groups is 1. The number of nitriles is 1. The van der Waals surface area contributed by atoms with Crippen LogP contribution in [0.15, 0.2) is 42.5 Å². The lowest BCUT2D eigenvalue weighted by Gasteiger charge is -2.13. The van der Waals surface area contributed by atoms with E-state index in [1.54, 1.807) is 24.3 Å². The second-order valence-electron chi connectivity index (χ2n) is 6.31. The standard InChI is InChI=1S/C22H23NO4/c1-15(2)19-9-8-18(12-16(19)3)26-14-22(24)27-20-10-7-17(6-5-11-23)13-21(20)25-4/h5-10,12-13,15H,14H2,1-4H3/b6-5-. The zero-order chi connectivity index (χ0) is 19.8. The molecule has 0 spiro atoms. The van der Waals surface area contributed by atoms with Crippen LogP contribution in [-0.2, 0) is 4.79 Å². The fourth-order valence-electron chi connectivity index (χ4n) is 2.69. The topological polar surface area (TPSA) is 68.5 Å². The molecule has 0 heterocycles. The van der Waals surface area contributed by atoms with Crippen LogP contribution < -0.4 is 14.2 Å². The summed E-state index contributed by atoms with van der Waals surface area (Å²) >= 11 is 0. The molecule has 27 heavy (non-hydrogen) atoms. The minimum Gasteiger partial charge on any atom is -0.493 e. The van der Waals surface area contributed by atoms with E-state index in [4.69, 9.17) is 19.5 Å². The van der Waals surface area contributed by atoms with E-state index in [9.17, 15) is 4.79 Å². The van der Waals surface area contributed by atoms with E-state index in [-0.39, 0.29) is 6.61 Å². The fourth-order valence-corrected chi connectivity index (χ4v) is 2.69. The maximum atomic E-state index is 12.1. The van der Waals surface area contributed by atoms with Crippen molar-refractivity contribution >= 4 is 12.0 Å². The van der Waals surface area contributed by atoms with Crippen molar-refractivity contribution in [3.8, 4) is 23.3 Å². The van der Waals surface area contributed by atoms with Gasteiger partial charge in [-0.05, 0) is 59.9 Å². The molecule has 0 aliphatic carbocycles. The summed E-state index contributed by atoms with van der Waals surface area (Å²) in [5.41, 5.74) is 3.14. The van der Waals surface area contributed by atoms with Crippen molar-refractivity contribution in [1.82, 2.24) is 0 Å². The predicted octanol–water partition coefficient (Wildman–Crippen LogP) is 4.65. The number of hydrogen-bond acceptors (Lipinski definition) is 5. The molecule has 0 radical (unpaired) electrons. The van der Waals surface area contributed by atoms with Gasteiger partial charge in [-0.1, -0.05) is 26.0 Å². The van der Waals surface area contributed by atoms with Crippen molar-refractivity contribution in [1.29, 1.82) is 5.26 Å². The number of rotatable bonds is 7. The van der Waals surface area contributed by atoms with Gasteiger partial charge in [-0.25, -0.2) is 4.79 Å². The van der Waals surface area contributed by atoms with E-state index in [0.717, 1.165) is 11.1 Å². The van der Waals surface area contributed by atoms with Crippen molar-refractivity contribution in [2.45, 2.75) is 26.7 Å². The molecule has 0 atom stereocenters. The Morgan fingerprint density at radius 1 is 1.19 bits per heavy atom. The summed E-state index contributed by atoms with van der Waals surface area (Å²) in [5.74, 6) is 1.23. The lowest BCUT2D eigenvalue weighted by atomic mass is 9.98. The number of methoxy groups -OCH3 is 1. The molecule has 0 aliphatic heterocycles. The summed E-state index contributed by atoms with van der Waals surface area (Å²) in [6, 6.07) is 12.7. The summed E-state index contributed by atoms with van der Waals surface area (Å²) in [4.78, 5) is 12.1. The van der Waals surface area contributed by atoms with Gasteiger partial charge in [0.2, 0.25) is 0 Å². The number of nitrogens with zero attached hydrogens (tertiary/aromatic N) is 1. The normalized spacial score (nSPS) is 10.7. The Balaban J connectivity index is 2.00. The average Bonchev–Trinajstić information content (AvgIpc) is 2.65.